The largest absolute Gasteiger partial charge is 0.330 e. The molecule has 0 unspecified atom stereocenters. The molecule has 8 nitrogen and oxygen atoms in total. The van der Waals surface area contributed by atoms with Gasteiger partial charge in [0, 0.05) is 21.9 Å². The molecule has 0 saturated carbocycles. The number of fused-ring (bicyclic) bond motifs is 10. The van der Waals surface area contributed by atoms with E-state index < -0.39 is 0 Å². The van der Waals surface area contributed by atoms with Gasteiger partial charge in [-0.1, -0.05) is 60.7 Å². The second-order valence-electron chi connectivity index (χ2n) is 10.2. The summed E-state index contributed by atoms with van der Waals surface area (Å²) in [6.45, 7) is 0.554. The second kappa shape index (κ2) is 10.1. The van der Waals surface area contributed by atoms with E-state index >= 15 is 0 Å². The number of nitrogens with one attached hydrogen (secondary N) is 2. The van der Waals surface area contributed by atoms with Crippen LogP contribution in [0.1, 0.15) is 11.1 Å². The van der Waals surface area contributed by atoms with Crippen molar-refractivity contribution in [2.75, 3.05) is 6.54 Å². The van der Waals surface area contributed by atoms with Gasteiger partial charge in [-0.25, -0.2) is 0 Å². The first kappa shape index (κ1) is 25.3. The molecule has 42 heavy (non-hydrogen) atoms. The van der Waals surface area contributed by atoms with Crippen molar-refractivity contribution >= 4 is 54.9 Å². The van der Waals surface area contributed by atoms with Crippen molar-refractivity contribution in [1.82, 2.24) is 18.8 Å². The van der Waals surface area contributed by atoms with Crippen molar-refractivity contribution in [2.45, 2.75) is 12.8 Å². The van der Waals surface area contributed by atoms with Crippen LogP contribution >= 0.6 is 0 Å². The normalized spacial score (nSPS) is 11.4. The molecule has 0 saturated heterocycles. The number of nitrogens with two attached hydrogens (primary N) is 1. The third-order valence-corrected chi connectivity index (χ3v) is 7.85. The quantitative estimate of drug-likeness (QED) is 0.271. The van der Waals surface area contributed by atoms with Gasteiger partial charge >= 0.3 is 0 Å². The molecule has 0 atom stereocenters. The van der Waals surface area contributed by atoms with Crippen molar-refractivity contribution < 1.29 is 0 Å². The number of aromatic nitrogens is 4. The number of nitrogens with zero attached hydrogens (tertiary/aromatic N) is 3. The minimum absolute atomic E-state index is 0.0563. The number of benzene rings is 4. The lowest BCUT2D eigenvalue weighted by Crippen LogP contribution is -2.11. The highest BCUT2D eigenvalue weighted by atomic mass is 16.1. The summed E-state index contributed by atoms with van der Waals surface area (Å²) in [4.78, 5) is 30.6. The molecule has 4 aromatic heterocycles. The summed E-state index contributed by atoms with van der Waals surface area (Å²) in [5.41, 5.74) is 13.0. The van der Waals surface area contributed by atoms with E-state index in [9.17, 15) is 9.59 Å². The molecule has 0 aliphatic carbocycles. The topological polar surface area (TPSA) is 124 Å². The molecule has 0 fully saturated rings. The first-order valence-electron chi connectivity index (χ1n) is 13.8. The molecule has 8 rings (SSSR count). The summed E-state index contributed by atoms with van der Waals surface area (Å²) in [6, 6.07) is 33.5. The molecule has 4 N–H and O–H groups in total. The van der Waals surface area contributed by atoms with Crippen molar-refractivity contribution in [2.24, 2.45) is 5.73 Å². The average Bonchev–Trinajstić information content (AvgIpc) is 3.51. The predicted molar refractivity (Wildman–Crippen MR) is 168 cm³/mol. The maximum absolute atomic E-state index is 12.3. The van der Waals surface area contributed by atoms with Gasteiger partial charge in [0.1, 0.15) is 11.3 Å². The zero-order chi connectivity index (χ0) is 28.8. The smallest absolute Gasteiger partial charge is 0.258 e. The molecule has 8 heteroatoms. The SMILES string of the molecule is N#CCc1c2ccccc2n2c1[nH]c(=O)c1ccccc12.NCCc1c2ccccc2n2c1[nH]c(=O)c1ccccc12. The number of H-pyrrole nitrogens is 2. The van der Waals surface area contributed by atoms with Gasteiger partial charge in [0.15, 0.2) is 0 Å². The van der Waals surface area contributed by atoms with Crippen LogP contribution < -0.4 is 16.9 Å². The molecule has 0 bridgehead atoms. The number of hydrogen-bond acceptors (Lipinski definition) is 4. The Bertz CT molecular complexity index is 2470. The van der Waals surface area contributed by atoms with E-state index in [1.807, 2.05) is 89.3 Å². The standard InChI is InChI=1S/C17H15N3O.C17H11N3O/c2*18-10-9-12-11-5-1-3-7-14(11)20-15-8-4-2-6-13(15)17(21)19-16(12)20/h1-8H,9-10,18H2,(H,19,21);1-8H,9H2,(H,19,21). The lowest BCUT2D eigenvalue weighted by molar-refractivity contribution is 0.976. The number of para-hydroxylation sites is 4. The summed E-state index contributed by atoms with van der Waals surface area (Å²) < 4.78 is 4.15. The maximum Gasteiger partial charge on any atom is 0.258 e. The lowest BCUT2D eigenvalue weighted by atomic mass is 10.1. The lowest BCUT2D eigenvalue weighted by Gasteiger charge is -2.04. The Kier molecular flexibility index (Phi) is 6.07. The fourth-order valence-corrected chi connectivity index (χ4v) is 6.10. The van der Waals surface area contributed by atoms with Gasteiger partial charge < -0.3 is 15.7 Å². The summed E-state index contributed by atoms with van der Waals surface area (Å²) in [7, 11) is 0. The molecule has 8 aromatic rings. The van der Waals surface area contributed by atoms with Crippen LogP contribution in [0.5, 0.6) is 0 Å². The van der Waals surface area contributed by atoms with E-state index in [1.54, 1.807) is 0 Å². The van der Waals surface area contributed by atoms with E-state index in [0.29, 0.717) is 23.0 Å². The van der Waals surface area contributed by atoms with E-state index in [0.717, 1.165) is 56.0 Å². The van der Waals surface area contributed by atoms with E-state index in [4.69, 9.17) is 11.0 Å². The highest BCUT2D eigenvalue weighted by Crippen LogP contribution is 2.29. The Labute approximate surface area is 238 Å². The first-order chi connectivity index (χ1) is 20.6. The summed E-state index contributed by atoms with van der Waals surface area (Å²) in [5.74, 6) is 0. The van der Waals surface area contributed by atoms with Gasteiger partial charge in [-0.15, -0.1) is 0 Å². The number of aromatic amines is 2. The Morgan fingerprint density at radius 2 is 0.976 bits per heavy atom. The third-order valence-electron chi connectivity index (χ3n) is 7.85. The van der Waals surface area contributed by atoms with Crippen LogP contribution in [0.25, 0.3) is 54.9 Å². The van der Waals surface area contributed by atoms with Gasteiger partial charge in [0.25, 0.3) is 11.1 Å². The van der Waals surface area contributed by atoms with Crippen LogP contribution in [0.3, 0.4) is 0 Å². The molecule has 0 spiro atoms. The molecule has 0 aliphatic rings. The van der Waals surface area contributed by atoms with Crippen LogP contribution in [0.2, 0.25) is 0 Å². The van der Waals surface area contributed by atoms with Gasteiger partial charge in [0.05, 0.1) is 45.3 Å². The monoisotopic (exact) mass is 550 g/mol. The van der Waals surface area contributed by atoms with Crippen molar-refractivity contribution in [3.05, 3.63) is 129 Å². The average molecular weight is 551 g/mol. The van der Waals surface area contributed by atoms with Gasteiger partial charge in [-0.2, -0.15) is 5.26 Å². The summed E-state index contributed by atoms with van der Waals surface area (Å²) >= 11 is 0. The molecule has 0 aliphatic heterocycles. The fraction of sp³-hybridized carbons (Fsp3) is 0.0882. The molecule has 0 radical (unpaired) electrons. The molecular weight excluding hydrogens is 524 g/mol. The van der Waals surface area contributed by atoms with Gasteiger partial charge in [0.2, 0.25) is 0 Å². The molecule has 4 aromatic carbocycles. The van der Waals surface area contributed by atoms with Crippen LogP contribution in [0.4, 0.5) is 0 Å². The van der Waals surface area contributed by atoms with Crippen molar-refractivity contribution in [3.8, 4) is 6.07 Å². The summed E-state index contributed by atoms with van der Waals surface area (Å²) in [5, 5.41) is 12.6. The molecular formula is C34H26N6O2. The third kappa shape index (κ3) is 3.79. The van der Waals surface area contributed by atoms with Crippen LogP contribution in [-0.4, -0.2) is 25.3 Å². The minimum atomic E-state index is -0.125. The Hall–Kier alpha value is -5.65. The van der Waals surface area contributed by atoms with Gasteiger partial charge in [-0.3, -0.25) is 18.4 Å². The highest BCUT2D eigenvalue weighted by molar-refractivity contribution is 5.97. The minimum Gasteiger partial charge on any atom is -0.330 e. The molecule has 4 heterocycles. The number of nitriles is 1. The zero-order valence-electron chi connectivity index (χ0n) is 22.6. The molecule has 204 valence electrons. The Balaban J connectivity index is 0.000000137. The van der Waals surface area contributed by atoms with Crippen molar-refractivity contribution in [3.63, 3.8) is 0 Å². The van der Waals surface area contributed by atoms with Gasteiger partial charge in [-0.05, 0) is 49.4 Å². The zero-order valence-corrected chi connectivity index (χ0v) is 22.6. The van der Waals surface area contributed by atoms with Crippen molar-refractivity contribution in [1.29, 1.82) is 5.26 Å². The van der Waals surface area contributed by atoms with E-state index in [2.05, 4.69) is 32.6 Å². The number of rotatable bonds is 3. The fourth-order valence-electron chi connectivity index (χ4n) is 6.10. The maximum atomic E-state index is 12.3. The van der Waals surface area contributed by atoms with Crippen LogP contribution in [0.15, 0.2) is 107 Å². The van der Waals surface area contributed by atoms with Crippen LogP contribution in [-0.2, 0) is 12.8 Å². The Morgan fingerprint density at radius 1 is 0.595 bits per heavy atom. The van der Waals surface area contributed by atoms with E-state index in [1.165, 1.54) is 0 Å². The predicted octanol–water partition coefficient (Wildman–Crippen LogP) is 5.44. The van der Waals surface area contributed by atoms with E-state index in [-0.39, 0.29) is 17.5 Å². The molecule has 0 amide bonds. The second-order valence-corrected chi connectivity index (χ2v) is 10.2. The summed E-state index contributed by atoms with van der Waals surface area (Å²) in [6.07, 6.45) is 1.01. The highest BCUT2D eigenvalue weighted by Gasteiger charge is 2.16. The Morgan fingerprint density at radius 3 is 1.43 bits per heavy atom. The first-order valence-corrected chi connectivity index (χ1v) is 13.8. The number of hydrogen-bond donors (Lipinski definition) is 3. The van der Waals surface area contributed by atoms with Crippen LogP contribution in [0, 0.1) is 11.3 Å².